The van der Waals surface area contributed by atoms with Crippen molar-refractivity contribution in [2.24, 2.45) is 5.92 Å². The average Bonchev–Trinajstić information content (AvgIpc) is 2.49. The Morgan fingerprint density at radius 2 is 1.79 bits per heavy atom. The fourth-order valence-corrected chi connectivity index (χ4v) is 3.07. The van der Waals surface area contributed by atoms with Crippen LogP contribution in [0.25, 0.3) is 0 Å². The van der Waals surface area contributed by atoms with Crippen molar-refractivity contribution in [3.05, 3.63) is 35.4 Å². The molecule has 102 valence electrons. The van der Waals surface area contributed by atoms with E-state index >= 15 is 0 Å². The summed E-state index contributed by atoms with van der Waals surface area (Å²) in [6.07, 6.45) is 2.66. The summed E-state index contributed by atoms with van der Waals surface area (Å²) in [5.74, 6) is -1.98. The molecule has 2 atom stereocenters. The summed E-state index contributed by atoms with van der Waals surface area (Å²) in [5.41, 5.74) is 2.19. The standard InChI is InChI=1S/C15H18O4/c16-14(17)8-11-6-3-5-10-4-1-2-7-12(10)13(11)9-15(18)19/h1-2,4,7,11,13H,3,5-6,8-9H2,(H,16,17)(H,18,19)/t11-,13+/m1/s1. The largest absolute Gasteiger partial charge is 0.481 e. The van der Waals surface area contributed by atoms with Gasteiger partial charge in [0.1, 0.15) is 0 Å². The van der Waals surface area contributed by atoms with E-state index in [1.165, 1.54) is 5.56 Å². The maximum absolute atomic E-state index is 11.1. The first kappa shape index (κ1) is 13.6. The number of aliphatic carboxylic acids is 2. The molecule has 1 aromatic carbocycles. The number of rotatable bonds is 4. The first-order chi connectivity index (χ1) is 9.08. The molecule has 4 heteroatoms. The zero-order valence-electron chi connectivity index (χ0n) is 10.7. The molecule has 0 spiro atoms. The second-order valence-corrected chi connectivity index (χ2v) is 5.15. The molecule has 2 N–H and O–H groups in total. The molecule has 0 heterocycles. The molecule has 0 unspecified atom stereocenters. The van der Waals surface area contributed by atoms with Crippen LogP contribution in [0, 0.1) is 5.92 Å². The molecule has 4 nitrogen and oxygen atoms in total. The number of carboxylic acid groups (broad SMARTS) is 2. The summed E-state index contributed by atoms with van der Waals surface area (Å²) in [4.78, 5) is 22.0. The summed E-state index contributed by atoms with van der Waals surface area (Å²) in [6.45, 7) is 0. The van der Waals surface area contributed by atoms with Gasteiger partial charge in [-0.3, -0.25) is 9.59 Å². The van der Waals surface area contributed by atoms with Gasteiger partial charge in [0.05, 0.1) is 6.42 Å². The first-order valence-electron chi connectivity index (χ1n) is 6.59. The predicted molar refractivity (Wildman–Crippen MR) is 70.1 cm³/mol. The Bertz CT molecular complexity index is 481. The van der Waals surface area contributed by atoms with E-state index in [4.69, 9.17) is 10.2 Å². The smallest absolute Gasteiger partial charge is 0.303 e. The van der Waals surface area contributed by atoms with E-state index in [0.717, 1.165) is 24.8 Å². The molecule has 2 rings (SSSR count). The summed E-state index contributed by atoms with van der Waals surface area (Å²) >= 11 is 0. The van der Waals surface area contributed by atoms with Crippen molar-refractivity contribution >= 4 is 11.9 Å². The van der Waals surface area contributed by atoms with Gasteiger partial charge in [-0.2, -0.15) is 0 Å². The summed E-state index contributed by atoms with van der Waals surface area (Å²) in [7, 11) is 0. The molecule has 1 aliphatic carbocycles. The lowest BCUT2D eigenvalue weighted by Gasteiger charge is -2.24. The van der Waals surface area contributed by atoms with Gasteiger partial charge in [-0.1, -0.05) is 24.3 Å². The number of hydrogen-bond acceptors (Lipinski definition) is 2. The molecule has 0 fully saturated rings. The van der Waals surface area contributed by atoms with E-state index in [-0.39, 0.29) is 24.7 Å². The molecule has 1 aliphatic rings. The van der Waals surface area contributed by atoms with Crippen LogP contribution in [0.2, 0.25) is 0 Å². The van der Waals surface area contributed by atoms with Gasteiger partial charge in [0.2, 0.25) is 0 Å². The van der Waals surface area contributed by atoms with E-state index in [0.29, 0.717) is 0 Å². The second-order valence-electron chi connectivity index (χ2n) is 5.15. The lowest BCUT2D eigenvalue weighted by atomic mass is 9.80. The Balaban J connectivity index is 2.35. The van der Waals surface area contributed by atoms with Gasteiger partial charge in [-0.15, -0.1) is 0 Å². The fraction of sp³-hybridized carbons (Fsp3) is 0.467. The van der Waals surface area contributed by atoms with Crippen molar-refractivity contribution in [1.82, 2.24) is 0 Å². The van der Waals surface area contributed by atoms with Gasteiger partial charge in [-0.05, 0) is 42.2 Å². The Hall–Kier alpha value is -1.84. The maximum atomic E-state index is 11.1. The molecule has 0 amide bonds. The molecule has 0 bridgehead atoms. The number of carboxylic acids is 2. The van der Waals surface area contributed by atoms with Gasteiger partial charge in [0.25, 0.3) is 0 Å². The topological polar surface area (TPSA) is 74.6 Å². The van der Waals surface area contributed by atoms with Crippen LogP contribution < -0.4 is 0 Å². The monoisotopic (exact) mass is 262 g/mol. The SMILES string of the molecule is O=C(O)C[C@H]1CCCc2ccccc2[C@H]1CC(=O)O. The predicted octanol–water partition coefficient (Wildman–Crippen LogP) is 2.67. The highest BCUT2D eigenvalue weighted by atomic mass is 16.4. The van der Waals surface area contributed by atoms with Crippen molar-refractivity contribution in [3.8, 4) is 0 Å². The summed E-state index contributed by atoms with van der Waals surface area (Å²) < 4.78 is 0. The Morgan fingerprint density at radius 3 is 2.47 bits per heavy atom. The normalized spacial score (nSPS) is 22.3. The number of hydrogen-bond donors (Lipinski definition) is 2. The zero-order chi connectivity index (χ0) is 13.8. The van der Waals surface area contributed by atoms with Gasteiger partial charge < -0.3 is 10.2 Å². The van der Waals surface area contributed by atoms with Crippen LogP contribution in [0.15, 0.2) is 24.3 Å². The van der Waals surface area contributed by atoms with Crippen molar-refractivity contribution in [1.29, 1.82) is 0 Å². The highest BCUT2D eigenvalue weighted by Gasteiger charge is 2.30. The van der Waals surface area contributed by atoms with Crippen molar-refractivity contribution in [2.75, 3.05) is 0 Å². The van der Waals surface area contributed by atoms with Crippen molar-refractivity contribution in [3.63, 3.8) is 0 Å². The van der Waals surface area contributed by atoms with Gasteiger partial charge in [0.15, 0.2) is 0 Å². The summed E-state index contributed by atoms with van der Waals surface area (Å²) in [5, 5.41) is 18.1. The molecule has 0 aliphatic heterocycles. The molecule has 0 saturated heterocycles. The van der Waals surface area contributed by atoms with E-state index in [1.54, 1.807) is 0 Å². The fourth-order valence-electron chi connectivity index (χ4n) is 3.07. The average molecular weight is 262 g/mol. The molecular formula is C15H18O4. The Morgan fingerprint density at radius 1 is 1.11 bits per heavy atom. The van der Waals surface area contributed by atoms with E-state index < -0.39 is 11.9 Å². The van der Waals surface area contributed by atoms with E-state index in [9.17, 15) is 9.59 Å². The molecule has 0 aromatic heterocycles. The lowest BCUT2D eigenvalue weighted by molar-refractivity contribution is -0.141. The van der Waals surface area contributed by atoms with Gasteiger partial charge in [-0.25, -0.2) is 0 Å². The molecule has 0 radical (unpaired) electrons. The number of benzene rings is 1. The third kappa shape index (κ3) is 3.34. The van der Waals surface area contributed by atoms with Crippen LogP contribution in [-0.4, -0.2) is 22.2 Å². The Labute approximate surface area is 112 Å². The number of aryl methyl sites for hydroxylation is 1. The molecule has 0 saturated carbocycles. The molecular weight excluding hydrogens is 244 g/mol. The minimum Gasteiger partial charge on any atom is -0.481 e. The summed E-state index contributed by atoms with van der Waals surface area (Å²) in [6, 6.07) is 7.82. The minimum atomic E-state index is -0.864. The van der Waals surface area contributed by atoms with Crippen LogP contribution >= 0.6 is 0 Å². The van der Waals surface area contributed by atoms with Crippen LogP contribution in [0.5, 0.6) is 0 Å². The molecule has 19 heavy (non-hydrogen) atoms. The highest BCUT2D eigenvalue weighted by Crippen LogP contribution is 2.39. The van der Waals surface area contributed by atoms with Crippen LogP contribution in [0.3, 0.4) is 0 Å². The van der Waals surface area contributed by atoms with Crippen molar-refractivity contribution in [2.45, 2.75) is 38.0 Å². The Kier molecular flexibility index (Phi) is 4.20. The van der Waals surface area contributed by atoms with Gasteiger partial charge >= 0.3 is 11.9 Å². The lowest BCUT2D eigenvalue weighted by Crippen LogP contribution is -2.19. The minimum absolute atomic E-state index is 0.00889. The molecule has 1 aromatic rings. The maximum Gasteiger partial charge on any atom is 0.303 e. The van der Waals surface area contributed by atoms with Crippen LogP contribution in [0.1, 0.15) is 42.7 Å². The second kappa shape index (κ2) is 5.87. The quantitative estimate of drug-likeness (QED) is 0.818. The third-order valence-corrected chi connectivity index (χ3v) is 3.88. The third-order valence-electron chi connectivity index (χ3n) is 3.88. The number of fused-ring (bicyclic) bond motifs is 1. The van der Waals surface area contributed by atoms with E-state index in [1.807, 2.05) is 24.3 Å². The zero-order valence-corrected chi connectivity index (χ0v) is 10.7. The van der Waals surface area contributed by atoms with Gasteiger partial charge in [0, 0.05) is 6.42 Å². The highest BCUT2D eigenvalue weighted by molar-refractivity contribution is 5.70. The van der Waals surface area contributed by atoms with E-state index in [2.05, 4.69) is 0 Å². The van der Waals surface area contributed by atoms with Crippen LogP contribution in [-0.2, 0) is 16.0 Å². The first-order valence-corrected chi connectivity index (χ1v) is 6.59. The van der Waals surface area contributed by atoms with Crippen LogP contribution in [0.4, 0.5) is 0 Å². The van der Waals surface area contributed by atoms with Crippen molar-refractivity contribution < 1.29 is 19.8 Å². The number of carbonyl (C=O) groups is 2.